The third kappa shape index (κ3) is 4.67. The number of benzene rings is 1. The number of nitrogens with one attached hydrogen (secondary N) is 1. The highest BCUT2D eigenvalue weighted by atomic mass is 16.5. The maximum absolute atomic E-state index is 12.7. The van der Waals surface area contributed by atoms with Crippen molar-refractivity contribution in [3.8, 4) is 0 Å². The van der Waals surface area contributed by atoms with Crippen molar-refractivity contribution >= 4 is 11.9 Å². The van der Waals surface area contributed by atoms with Gasteiger partial charge in [0.2, 0.25) is 5.88 Å². The Hall–Kier alpha value is -3.15. The van der Waals surface area contributed by atoms with Crippen molar-refractivity contribution < 1.29 is 9.32 Å². The molecule has 3 aromatic rings. The van der Waals surface area contributed by atoms with E-state index in [1.54, 1.807) is 24.1 Å². The molecule has 2 aromatic heterocycles. The van der Waals surface area contributed by atoms with Crippen molar-refractivity contribution in [2.24, 2.45) is 0 Å². The Morgan fingerprint density at radius 2 is 2.00 bits per heavy atom. The largest absolute Gasteiger partial charge is 0.338 e. The Kier molecular flexibility index (Phi) is 5.09. The van der Waals surface area contributed by atoms with Crippen molar-refractivity contribution in [1.82, 2.24) is 15.0 Å². The number of carbonyl (C=O) groups excluding carboxylic acids is 1. The Morgan fingerprint density at radius 1 is 1.12 bits per heavy atom. The van der Waals surface area contributed by atoms with E-state index in [0.717, 1.165) is 16.8 Å². The van der Waals surface area contributed by atoms with E-state index < -0.39 is 0 Å². The number of nitrogens with zero attached hydrogens (tertiary/aromatic N) is 3. The SMILES string of the molecule is Cc1cccc(CN(Cc2ccccn2)C(=O)Nc2cc(C)no2)c1. The van der Waals surface area contributed by atoms with Gasteiger partial charge in [0.05, 0.1) is 17.9 Å². The van der Waals surface area contributed by atoms with Gasteiger partial charge in [0, 0.05) is 18.8 Å². The molecule has 0 aliphatic carbocycles. The summed E-state index contributed by atoms with van der Waals surface area (Å²) in [6.45, 7) is 4.70. The highest BCUT2D eigenvalue weighted by Crippen LogP contribution is 2.14. The predicted octanol–water partition coefficient (Wildman–Crippen LogP) is 3.92. The maximum atomic E-state index is 12.7. The number of aryl methyl sites for hydroxylation is 2. The van der Waals surface area contributed by atoms with Crippen molar-refractivity contribution in [1.29, 1.82) is 0 Å². The summed E-state index contributed by atoms with van der Waals surface area (Å²) in [6, 6.07) is 15.2. The van der Waals surface area contributed by atoms with Crippen molar-refractivity contribution in [3.63, 3.8) is 0 Å². The van der Waals surface area contributed by atoms with Crippen molar-refractivity contribution in [2.75, 3.05) is 5.32 Å². The second-order valence-corrected chi connectivity index (χ2v) is 5.93. The van der Waals surface area contributed by atoms with E-state index in [-0.39, 0.29) is 6.03 Å². The fourth-order valence-electron chi connectivity index (χ4n) is 2.52. The van der Waals surface area contributed by atoms with Crippen molar-refractivity contribution in [2.45, 2.75) is 26.9 Å². The molecule has 2 amide bonds. The molecule has 0 saturated heterocycles. The molecule has 0 spiro atoms. The van der Waals surface area contributed by atoms with Gasteiger partial charge in [0.15, 0.2) is 0 Å². The van der Waals surface area contributed by atoms with Gasteiger partial charge in [-0.15, -0.1) is 0 Å². The second-order valence-electron chi connectivity index (χ2n) is 5.93. The lowest BCUT2D eigenvalue weighted by molar-refractivity contribution is 0.204. The van der Waals surface area contributed by atoms with Gasteiger partial charge in [-0.2, -0.15) is 0 Å². The molecular formula is C19H20N4O2. The minimum absolute atomic E-state index is 0.261. The van der Waals surface area contributed by atoms with Crippen LogP contribution in [-0.4, -0.2) is 21.1 Å². The molecule has 128 valence electrons. The van der Waals surface area contributed by atoms with E-state index in [1.807, 2.05) is 43.3 Å². The van der Waals surface area contributed by atoms with Gasteiger partial charge in [-0.05, 0) is 31.5 Å². The van der Waals surface area contributed by atoms with Crippen LogP contribution in [0, 0.1) is 13.8 Å². The predicted molar refractivity (Wildman–Crippen MR) is 94.9 cm³/mol. The van der Waals surface area contributed by atoms with E-state index in [1.165, 1.54) is 0 Å². The van der Waals surface area contributed by atoms with E-state index in [4.69, 9.17) is 4.52 Å². The van der Waals surface area contributed by atoms with Crippen LogP contribution in [0.2, 0.25) is 0 Å². The second kappa shape index (κ2) is 7.61. The molecule has 1 aromatic carbocycles. The number of urea groups is 1. The monoisotopic (exact) mass is 336 g/mol. The quantitative estimate of drug-likeness (QED) is 0.766. The van der Waals surface area contributed by atoms with Crippen LogP contribution in [0.4, 0.5) is 10.7 Å². The first kappa shape index (κ1) is 16.7. The van der Waals surface area contributed by atoms with E-state index in [0.29, 0.717) is 24.7 Å². The first-order valence-electron chi connectivity index (χ1n) is 8.05. The number of hydrogen-bond donors (Lipinski definition) is 1. The topological polar surface area (TPSA) is 71.3 Å². The smallest absolute Gasteiger partial charge is 0.324 e. The standard InChI is InChI=1S/C19H20N4O2/c1-14-6-5-7-16(10-14)12-23(13-17-8-3-4-9-20-17)19(24)21-18-11-15(2)22-25-18/h3-11H,12-13H2,1-2H3,(H,21,24). The molecule has 0 saturated carbocycles. The summed E-state index contributed by atoms with van der Waals surface area (Å²) in [6.07, 6.45) is 1.72. The lowest BCUT2D eigenvalue weighted by Crippen LogP contribution is -2.34. The molecule has 0 radical (unpaired) electrons. The first-order valence-corrected chi connectivity index (χ1v) is 8.05. The molecule has 2 heterocycles. The van der Waals surface area contributed by atoms with Gasteiger partial charge in [0.25, 0.3) is 0 Å². The normalized spacial score (nSPS) is 10.5. The van der Waals surface area contributed by atoms with Gasteiger partial charge in [0.1, 0.15) is 0 Å². The van der Waals surface area contributed by atoms with E-state index >= 15 is 0 Å². The third-order valence-electron chi connectivity index (χ3n) is 3.68. The summed E-state index contributed by atoms with van der Waals surface area (Å²) >= 11 is 0. The molecule has 0 bridgehead atoms. The van der Waals surface area contributed by atoms with Gasteiger partial charge in [-0.1, -0.05) is 41.1 Å². The number of hydrogen-bond acceptors (Lipinski definition) is 4. The van der Waals surface area contributed by atoms with Gasteiger partial charge < -0.3 is 9.42 Å². The Labute approximate surface area is 146 Å². The Bertz CT molecular complexity index is 845. The first-order chi connectivity index (χ1) is 12.1. The van der Waals surface area contributed by atoms with Crippen LogP contribution in [-0.2, 0) is 13.1 Å². The summed E-state index contributed by atoms with van der Waals surface area (Å²) in [5.74, 6) is 0.331. The van der Waals surface area contributed by atoms with E-state index in [9.17, 15) is 4.79 Å². The summed E-state index contributed by atoms with van der Waals surface area (Å²) in [4.78, 5) is 18.7. The fraction of sp³-hybridized carbons (Fsp3) is 0.211. The summed E-state index contributed by atoms with van der Waals surface area (Å²) in [5, 5.41) is 6.54. The van der Waals surface area contributed by atoms with Gasteiger partial charge in [-0.25, -0.2) is 4.79 Å². The third-order valence-corrected chi connectivity index (χ3v) is 3.68. The number of pyridine rings is 1. The zero-order valence-electron chi connectivity index (χ0n) is 14.3. The Balaban J connectivity index is 1.78. The molecule has 0 atom stereocenters. The maximum Gasteiger partial charge on any atom is 0.324 e. The molecule has 0 aliphatic rings. The molecule has 25 heavy (non-hydrogen) atoms. The van der Waals surface area contributed by atoms with Crippen LogP contribution in [0.5, 0.6) is 0 Å². The zero-order chi connectivity index (χ0) is 17.6. The highest BCUT2D eigenvalue weighted by molar-refractivity contribution is 5.87. The molecule has 0 fully saturated rings. The molecule has 6 nitrogen and oxygen atoms in total. The molecule has 1 N–H and O–H groups in total. The van der Waals surface area contributed by atoms with Crippen LogP contribution in [0.15, 0.2) is 59.3 Å². The number of carbonyl (C=O) groups is 1. The molecule has 3 rings (SSSR count). The van der Waals surface area contributed by atoms with Crippen LogP contribution in [0.25, 0.3) is 0 Å². The number of amides is 2. The number of anilines is 1. The number of aromatic nitrogens is 2. The lowest BCUT2D eigenvalue weighted by atomic mass is 10.1. The van der Waals surface area contributed by atoms with Crippen LogP contribution in [0.3, 0.4) is 0 Å². The van der Waals surface area contributed by atoms with Crippen LogP contribution in [0.1, 0.15) is 22.5 Å². The zero-order valence-corrected chi connectivity index (χ0v) is 14.3. The Morgan fingerprint density at radius 3 is 2.68 bits per heavy atom. The van der Waals surface area contributed by atoms with Gasteiger partial charge >= 0.3 is 6.03 Å². The lowest BCUT2D eigenvalue weighted by Gasteiger charge is -2.22. The van der Waals surface area contributed by atoms with E-state index in [2.05, 4.69) is 21.5 Å². The summed E-state index contributed by atoms with van der Waals surface area (Å²) < 4.78 is 5.08. The average Bonchev–Trinajstić information content (AvgIpc) is 3.00. The summed E-state index contributed by atoms with van der Waals surface area (Å²) in [7, 11) is 0. The van der Waals surface area contributed by atoms with Crippen LogP contribution < -0.4 is 5.32 Å². The van der Waals surface area contributed by atoms with Crippen LogP contribution >= 0.6 is 0 Å². The minimum atomic E-state index is -0.261. The van der Waals surface area contributed by atoms with Crippen molar-refractivity contribution in [3.05, 3.63) is 77.2 Å². The molecule has 6 heteroatoms. The highest BCUT2D eigenvalue weighted by Gasteiger charge is 2.17. The molecule has 0 unspecified atom stereocenters. The average molecular weight is 336 g/mol. The number of rotatable bonds is 5. The fourth-order valence-corrected chi connectivity index (χ4v) is 2.52. The van der Waals surface area contributed by atoms with Gasteiger partial charge in [-0.3, -0.25) is 10.3 Å². The molecule has 0 aliphatic heterocycles. The summed E-state index contributed by atoms with van der Waals surface area (Å²) in [5.41, 5.74) is 3.74. The minimum Gasteiger partial charge on any atom is -0.338 e. The molecular weight excluding hydrogens is 316 g/mol.